The summed E-state index contributed by atoms with van der Waals surface area (Å²) in [7, 11) is 3.18. The van der Waals surface area contributed by atoms with Crippen molar-refractivity contribution >= 4 is 12.0 Å². The first-order valence-corrected chi connectivity index (χ1v) is 6.76. The van der Waals surface area contributed by atoms with Crippen molar-refractivity contribution in [1.29, 1.82) is 0 Å². The molecule has 2 amide bonds. The molecule has 6 nitrogen and oxygen atoms in total. The van der Waals surface area contributed by atoms with E-state index in [1.165, 1.54) is 4.90 Å². The number of nitrogens with one attached hydrogen (secondary N) is 1. The van der Waals surface area contributed by atoms with Crippen LogP contribution < -0.4 is 10.1 Å². The Balaban J connectivity index is 2.73. The van der Waals surface area contributed by atoms with Crippen molar-refractivity contribution in [3.05, 3.63) is 29.8 Å². The second kappa shape index (κ2) is 8.57. The summed E-state index contributed by atoms with van der Waals surface area (Å²) in [4.78, 5) is 24.2. The molecule has 0 fully saturated rings. The third-order valence-corrected chi connectivity index (χ3v) is 2.89. The number of benzene rings is 1. The first-order chi connectivity index (χ1) is 10.4. The Hall–Kier alpha value is -2.68. The van der Waals surface area contributed by atoms with Crippen LogP contribution in [0.4, 0.5) is 4.79 Å². The van der Waals surface area contributed by atoms with Crippen LogP contribution in [0.1, 0.15) is 12.5 Å². The molecule has 1 aromatic rings. The number of likely N-dealkylation sites (N-methyl/N-ethyl adjacent to an activating group) is 1. The Morgan fingerprint density at radius 3 is 2.45 bits per heavy atom. The van der Waals surface area contributed by atoms with Gasteiger partial charge in [0.1, 0.15) is 18.4 Å². The topological polar surface area (TPSA) is 78.9 Å². The lowest BCUT2D eigenvalue weighted by molar-refractivity contribution is -0.130. The van der Waals surface area contributed by atoms with Crippen molar-refractivity contribution in [2.75, 3.05) is 20.7 Å². The zero-order valence-corrected chi connectivity index (χ0v) is 12.9. The minimum Gasteiger partial charge on any atom is -0.481 e. The molecule has 0 spiro atoms. The van der Waals surface area contributed by atoms with E-state index in [2.05, 4.69) is 17.2 Å². The maximum Gasteiger partial charge on any atom is 0.405 e. The summed E-state index contributed by atoms with van der Waals surface area (Å²) >= 11 is 0. The number of ether oxygens (including phenoxy) is 1. The maximum atomic E-state index is 12.0. The minimum atomic E-state index is -1.22. The van der Waals surface area contributed by atoms with E-state index in [-0.39, 0.29) is 12.3 Å². The Bertz CT molecular complexity index is 570. The van der Waals surface area contributed by atoms with Crippen molar-refractivity contribution in [3.8, 4) is 17.6 Å². The number of nitrogens with zero attached hydrogens (tertiary/aromatic N) is 1. The number of amides is 2. The van der Waals surface area contributed by atoms with Gasteiger partial charge in [0, 0.05) is 20.5 Å². The van der Waals surface area contributed by atoms with Gasteiger partial charge in [-0.1, -0.05) is 18.1 Å². The molecule has 6 heteroatoms. The van der Waals surface area contributed by atoms with Crippen LogP contribution in [0.15, 0.2) is 24.3 Å². The van der Waals surface area contributed by atoms with Gasteiger partial charge in [0.25, 0.3) is 0 Å². The average molecular weight is 304 g/mol. The van der Waals surface area contributed by atoms with Crippen LogP contribution in [0.2, 0.25) is 0 Å². The molecule has 2 N–H and O–H groups in total. The molecule has 1 rings (SSSR count). The minimum absolute atomic E-state index is 0.276. The molecular formula is C16H20N2O4. The zero-order valence-electron chi connectivity index (χ0n) is 12.9. The predicted molar refractivity (Wildman–Crippen MR) is 82.7 cm³/mol. The van der Waals surface area contributed by atoms with Gasteiger partial charge in [-0.05, 0) is 24.6 Å². The largest absolute Gasteiger partial charge is 0.481 e. The highest BCUT2D eigenvalue weighted by atomic mass is 16.5. The fraction of sp³-hybridized carbons (Fsp3) is 0.375. The predicted octanol–water partition coefficient (Wildman–Crippen LogP) is 1.36. The van der Waals surface area contributed by atoms with Crippen molar-refractivity contribution in [2.45, 2.75) is 19.4 Å². The summed E-state index contributed by atoms with van der Waals surface area (Å²) in [5.41, 5.74) is 0.836. The standard InChI is InChI=1S/C16H20N2O4/c1-4-5-10-22-13-8-6-12(7-9-13)11-14(17-16(20)21)15(19)18(2)3/h6-9,14,17H,10-11H2,1-3H3,(H,20,21)/t14-/m0/s1. The number of carbonyl (C=O) groups excluding carboxylic acids is 1. The molecule has 0 radical (unpaired) electrons. The van der Waals surface area contributed by atoms with E-state index in [4.69, 9.17) is 9.84 Å². The molecule has 118 valence electrons. The van der Waals surface area contributed by atoms with Gasteiger partial charge in [-0.25, -0.2) is 4.79 Å². The van der Waals surface area contributed by atoms with Crippen molar-refractivity contribution in [3.63, 3.8) is 0 Å². The van der Waals surface area contributed by atoms with Crippen LogP contribution in [0.3, 0.4) is 0 Å². The molecule has 1 atom stereocenters. The third kappa shape index (κ3) is 5.75. The monoisotopic (exact) mass is 304 g/mol. The van der Waals surface area contributed by atoms with Gasteiger partial charge in [-0.2, -0.15) is 0 Å². The molecule has 0 heterocycles. The van der Waals surface area contributed by atoms with E-state index in [1.54, 1.807) is 45.3 Å². The highest BCUT2D eigenvalue weighted by Gasteiger charge is 2.22. The van der Waals surface area contributed by atoms with Gasteiger partial charge < -0.3 is 20.1 Å². The van der Waals surface area contributed by atoms with Crippen molar-refractivity contribution in [2.24, 2.45) is 0 Å². The highest BCUT2D eigenvalue weighted by molar-refractivity contribution is 5.85. The van der Waals surface area contributed by atoms with Gasteiger partial charge in [0.15, 0.2) is 0 Å². The number of hydrogen-bond acceptors (Lipinski definition) is 3. The summed E-state index contributed by atoms with van der Waals surface area (Å²) in [6, 6.07) is 6.32. The van der Waals surface area contributed by atoms with E-state index >= 15 is 0 Å². The second-order valence-corrected chi connectivity index (χ2v) is 4.80. The van der Waals surface area contributed by atoms with E-state index in [0.29, 0.717) is 12.4 Å². The summed E-state index contributed by atoms with van der Waals surface area (Å²) in [6.45, 7) is 2.06. The van der Waals surface area contributed by atoms with Crippen LogP contribution in [0.5, 0.6) is 5.75 Å². The molecule has 0 aromatic heterocycles. The van der Waals surface area contributed by atoms with Gasteiger partial charge in [-0.3, -0.25) is 4.79 Å². The average Bonchev–Trinajstić information content (AvgIpc) is 2.47. The molecule has 22 heavy (non-hydrogen) atoms. The van der Waals surface area contributed by atoms with Crippen molar-refractivity contribution in [1.82, 2.24) is 10.2 Å². The first kappa shape index (κ1) is 17.4. The lowest BCUT2D eigenvalue weighted by Gasteiger charge is -2.20. The highest BCUT2D eigenvalue weighted by Crippen LogP contribution is 2.14. The van der Waals surface area contributed by atoms with E-state index in [9.17, 15) is 9.59 Å². The normalized spacial score (nSPS) is 10.9. The molecule has 0 aliphatic heterocycles. The Labute approximate surface area is 130 Å². The van der Waals surface area contributed by atoms with Crippen LogP contribution >= 0.6 is 0 Å². The van der Waals surface area contributed by atoms with E-state index in [1.807, 2.05) is 0 Å². The van der Waals surface area contributed by atoms with Gasteiger partial charge in [0.2, 0.25) is 5.91 Å². The fourth-order valence-corrected chi connectivity index (χ4v) is 1.81. The maximum absolute atomic E-state index is 12.0. The van der Waals surface area contributed by atoms with Gasteiger partial charge in [0.05, 0.1) is 0 Å². The summed E-state index contributed by atoms with van der Waals surface area (Å²) < 4.78 is 5.40. The molecule has 0 bridgehead atoms. The number of rotatable bonds is 6. The number of hydrogen-bond donors (Lipinski definition) is 2. The molecule has 0 aliphatic carbocycles. The van der Waals surface area contributed by atoms with Crippen LogP contribution in [0, 0.1) is 11.8 Å². The quantitative estimate of drug-likeness (QED) is 0.778. The van der Waals surface area contributed by atoms with Crippen molar-refractivity contribution < 1.29 is 19.4 Å². The van der Waals surface area contributed by atoms with Gasteiger partial charge in [-0.15, -0.1) is 5.92 Å². The van der Waals surface area contributed by atoms with E-state index in [0.717, 1.165) is 5.56 Å². The smallest absolute Gasteiger partial charge is 0.405 e. The lowest BCUT2D eigenvalue weighted by atomic mass is 10.0. The van der Waals surface area contributed by atoms with Crippen LogP contribution in [0.25, 0.3) is 0 Å². The zero-order chi connectivity index (χ0) is 16.5. The Morgan fingerprint density at radius 1 is 1.32 bits per heavy atom. The van der Waals surface area contributed by atoms with Gasteiger partial charge >= 0.3 is 6.09 Å². The van der Waals surface area contributed by atoms with Crippen LogP contribution in [-0.2, 0) is 11.2 Å². The number of carboxylic acid groups (broad SMARTS) is 1. The van der Waals surface area contributed by atoms with E-state index < -0.39 is 12.1 Å². The SMILES string of the molecule is CC#CCOc1ccc(C[C@H](NC(=O)O)C(=O)N(C)C)cc1. The third-order valence-electron chi connectivity index (χ3n) is 2.89. The second-order valence-electron chi connectivity index (χ2n) is 4.80. The molecule has 0 saturated heterocycles. The Morgan fingerprint density at radius 2 is 1.95 bits per heavy atom. The summed E-state index contributed by atoms with van der Waals surface area (Å²) in [5.74, 6) is 5.91. The number of carbonyl (C=O) groups is 2. The first-order valence-electron chi connectivity index (χ1n) is 6.76. The Kier molecular flexibility index (Phi) is 6.77. The molecule has 0 unspecified atom stereocenters. The summed E-state index contributed by atoms with van der Waals surface area (Å²) in [5, 5.41) is 11.1. The molecule has 1 aromatic carbocycles. The molecular weight excluding hydrogens is 284 g/mol. The van der Waals surface area contributed by atoms with Crippen LogP contribution in [-0.4, -0.2) is 48.8 Å². The summed E-state index contributed by atoms with van der Waals surface area (Å²) in [6.07, 6.45) is -0.948. The molecule has 0 saturated carbocycles. The lowest BCUT2D eigenvalue weighted by Crippen LogP contribution is -2.47. The molecule has 0 aliphatic rings. The fourth-order valence-electron chi connectivity index (χ4n) is 1.81.